The molecule has 0 atom stereocenters. The van der Waals surface area contributed by atoms with Gasteiger partial charge in [0.2, 0.25) is 11.0 Å². The van der Waals surface area contributed by atoms with Crippen LogP contribution in [0.1, 0.15) is 56.8 Å². The molecule has 0 spiro atoms. The summed E-state index contributed by atoms with van der Waals surface area (Å²) in [4.78, 5) is 19.0. The Balaban J connectivity index is 1.42. The van der Waals surface area contributed by atoms with Gasteiger partial charge in [0.05, 0.1) is 7.11 Å². The largest absolute Gasteiger partial charge is 0.497 e. The van der Waals surface area contributed by atoms with Gasteiger partial charge in [0.25, 0.3) is 0 Å². The van der Waals surface area contributed by atoms with Gasteiger partial charge in [-0.1, -0.05) is 31.9 Å². The number of amides is 1. The molecule has 1 amide bonds. The van der Waals surface area contributed by atoms with Gasteiger partial charge < -0.3 is 15.0 Å². The van der Waals surface area contributed by atoms with Crippen LogP contribution in [-0.4, -0.2) is 42.0 Å². The number of carbonyl (C=O) groups is 1. The van der Waals surface area contributed by atoms with Crippen LogP contribution in [0.5, 0.6) is 5.75 Å². The molecule has 1 aromatic heterocycles. The summed E-state index contributed by atoms with van der Waals surface area (Å²) in [6, 6.07) is 8.05. The van der Waals surface area contributed by atoms with Crippen LogP contribution in [-0.2, 0) is 11.2 Å². The summed E-state index contributed by atoms with van der Waals surface area (Å²) in [6.45, 7) is 4.91. The highest BCUT2D eigenvalue weighted by Gasteiger charge is 2.22. The Kier molecular flexibility index (Phi) is 8.28. The molecule has 2 aromatic rings. The predicted molar refractivity (Wildman–Crippen MR) is 118 cm³/mol. The van der Waals surface area contributed by atoms with E-state index in [1.165, 1.54) is 11.5 Å². The molecule has 0 aliphatic carbocycles. The van der Waals surface area contributed by atoms with Gasteiger partial charge in [-0.15, -0.1) is 0 Å². The Morgan fingerprint density at radius 3 is 2.90 bits per heavy atom. The van der Waals surface area contributed by atoms with Gasteiger partial charge in [-0.05, 0) is 42.9 Å². The van der Waals surface area contributed by atoms with Crippen molar-refractivity contribution in [1.82, 2.24) is 14.7 Å². The van der Waals surface area contributed by atoms with E-state index in [2.05, 4.69) is 27.6 Å². The third kappa shape index (κ3) is 6.70. The van der Waals surface area contributed by atoms with Crippen LogP contribution in [0.25, 0.3) is 0 Å². The molecule has 6 nitrogen and oxygen atoms in total. The fraction of sp³-hybridized carbons (Fsp3) is 0.591. The van der Waals surface area contributed by atoms with Crippen LogP contribution >= 0.6 is 11.5 Å². The molecule has 1 aliphatic rings. The number of methoxy groups -OCH3 is 1. The van der Waals surface area contributed by atoms with Gasteiger partial charge in [0.15, 0.2) is 0 Å². The molecule has 29 heavy (non-hydrogen) atoms. The zero-order valence-corrected chi connectivity index (χ0v) is 18.3. The average Bonchev–Trinajstić information content (AvgIpc) is 3.21. The number of benzene rings is 1. The van der Waals surface area contributed by atoms with Crippen LogP contribution in [0.3, 0.4) is 0 Å². The van der Waals surface area contributed by atoms with Crippen molar-refractivity contribution in [2.75, 3.05) is 31.6 Å². The van der Waals surface area contributed by atoms with E-state index >= 15 is 0 Å². The maximum absolute atomic E-state index is 11.9. The Morgan fingerprint density at radius 2 is 2.14 bits per heavy atom. The summed E-state index contributed by atoms with van der Waals surface area (Å²) in [5, 5.41) is 4.12. The number of aromatic nitrogens is 2. The Bertz CT molecular complexity index is 772. The monoisotopic (exact) mass is 416 g/mol. The molecular weight excluding hydrogens is 384 g/mol. The standard InChI is InChI=1S/C22H32N4O2S/c1-3-4-5-9-21(27)23-16-17-10-12-26(13-11-17)22-24-20(25-29-22)15-18-7-6-8-19(14-18)28-2/h6-8,14,17H,3-5,9-13,15-16H2,1-2H3,(H,23,27). The normalized spacial score (nSPS) is 14.8. The lowest BCUT2D eigenvalue weighted by molar-refractivity contribution is -0.121. The number of nitrogens with one attached hydrogen (secondary N) is 1. The number of rotatable bonds is 10. The lowest BCUT2D eigenvalue weighted by Gasteiger charge is -2.31. The van der Waals surface area contributed by atoms with Gasteiger partial charge in [0, 0.05) is 44.0 Å². The topological polar surface area (TPSA) is 67.4 Å². The smallest absolute Gasteiger partial charge is 0.220 e. The van der Waals surface area contributed by atoms with E-state index in [4.69, 9.17) is 9.72 Å². The number of piperidine rings is 1. The van der Waals surface area contributed by atoms with Crippen molar-refractivity contribution in [3.05, 3.63) is 35.7 Å². The van der Waals surface area contributed by atoms with Crippen molar-refractivity contribution >= 4 is 22.6 Å². The molecule has 1 saturated heterocycles. The first-order valence-corrected chi connectivity index (χ1v) is 11.4. The highest BCUT2D eigenvalue weighted by Crippen LogP contribution is 2.25. The lowest BCUT2D eigenvalue weighted by Crippen LogP contribution is -2.38. The third-order valence-electron chi connectivity index (χ3n) is 5.43. The highest BCUT2D eigenvalue weighted by molar-refractivity contribution is 7.09. The second kappa shape index (κ2) is 11.1. The SMILES string of the molecule is CCCCCC(=O)NCC1CCN(c2nc(Cc3cccc(OC)c3)ns2)CC1. The Labute approximate surface area is 177 Å². The van der Waals surface area contributed by atoms with E-state index in [1.54, 1.807) is 7.11 Å². The van der Waals surface area contributed by atoms with E-state index in [-0.39, 0.29) is 5.91 Å². The summed E-state index contributed by atoms with van der Waals surface area (Å²) < 4.78 is 9.84. The van der Waals surface area contributed by atoms with Crippen LogP contribution in [0.4, 0.5) is 5.13 Å². The molecule has 0 saturated carbocycles. The summed E-state index contributed by atoms with van der Waals surface area (Å²) >= 11 is 1.48. The molecule has 1 fully saturated rings. The second-order valence-electron chi connectivity index (χ2n) is 7.71. The van der Waals surface area contributed by atoms with Crippen molar-refractivity contribution in [3.8, 4) is 5.75 Å². The predicted octanol–water partition coefficient (Wildman–Crippen LogP) is 4.05. The van der Waals surface area contributed by atoms with Crippen LogP contribution in [0, 0.1) is 5.92 Å². The van der Waals surface area contributed by atoms with Crippen LogP contribution < -0.4 is 15.0 Å². The molecule has 1 N–H and O–H groups in total. The fourth-order valence-electron chi connectivity index (χ4n) is 3.62. The minimum absolute atomic E-state index is 0.201. The van der Waals surface area contributed by atoms with Crippen molar-refractivity contribution in [1.29, 1.82) is 0 Å². The van der Waals surface area contributed by atoms with Crippen LogP contribution in [0.2, 0.25) is 0 Å². The van der Waals surface area contributed by atoms with E-state index in [0.717, 1.165) is 74.0 Å². The fourth-order valence-corrected chi connectivity index (χ4v) is 4.36. The van der Waals surface area contributed by atoms with Crippen LogP contribution in [0.15, 0.2) is 24.3 Å². The van der Waals surface area contributed by atoms with Gasteiger partial charge in [-0.25, -0.2) is 4.98 Å². The van der Waals surface area contributed by atoms with Gasteiger partial charge in [0.1, 0.15) is 11.6 Å². The van der Waals surface area contributed by atoms with Crippen molar-refractivity contribution in [2.24, 2.45) is 5.92 Å². The molecule has 0 radical (unpaired) electrons. The first-order chi connectivity index (χ1) is 14.2. The number of unbranched alkanes of at least 4 members (excludes halogenated alkanes) is 2. The number of hydrogen-bond donors (Lipinski definition) is 1. The number of anilines is 1. The molecule has 0 unspecified atom stereocenters. The zero-order valence-electron chi connectivity index (χ0n) is 17.5. The Hall–Kier alpha value is -2.15. The quantitative estimate of drug-likeness (QED) is 0.592. The van der Waals surface area contributed by atoms with Gasteiger partial charge in [-0.2, -0.15) is 4.37 Å². The first kappa shape index (κ1) is 21.6. The van der Waals surface area contributed by atoms with Crippen molar-refractivity contribution in [2.45, 2.75) is 51.9 Å². The summed E-state index contributed by atoms with van der Waals surface area (Å²) in [5.41, 5.74) is 1.15. The van der Waals surface area contributed by atoms with E-state index in [1.807, 2.05) is 18.2 Å². The minimum Gasteiger partial charge on any atom is -0.497 e. The summed E-state index contributed by atoms with van der Waals surface area (Å²) in [7, 11) is 1.68. The first-order valence-electron chi connectivity index (χ1n) is 10.6. The number of hydrogen-bond acceptors (Lipinski definition) is 6. The lowest BCUT2D eigenvalue weighted by atomic mass is 9.97. The summed E-state index contributed by atoms with van der Waals surface area (Å²) in [5.74, 6) is 2.48. The van der Waals surface area contributed by atoms with Gasteiger partial charge in [-0.3, -0.25) is 4.79 Å². The third-order valence-corrected chi connectivity index (χ3v) is 6.25. The number of ether oxygens (including phenoxy) is 1. The average molecular weight is 417 g/mol. The van der Waals surface area contributed by atoms with E-state index in [0.29, 0.717) is 18.8 Å². The molecular formula is C22H32N4O2S. The number of carbonyl (C=O) groups excluding carboxylic acids is 1. The highest BCUT2D eigenvalue weighted by atomic mass is 32.1. The molecule has 2 heterocycles. The zero-order chi connectivity index (χ0) is 20.5. The van der Waals surface area contributed by atoms with E-state index in [9.17, 15) is 4.79 Å². The molecule has 1 aromatic carbocycles. The number of nitrogens with zero attached hydrogens (tertiary/aromatic N) is 3. The maximum atomic E-state index is 11.9. The summed E-state index contributed by atoms with van der Waals surface area (Å²) in [6.07, 6.45) is 6.82. The molecule has 7 heteroatoms. The molecule has 0 bridgehead atoms. The van der Waals surface area contributed by atoms with Crippen molar-refractivity contribution in [3.63, 3.8) is 0 Å². The maximum Gasteiger partial charge on any atom is 0.220 e. The Morgan fingerprint density at radius 1 is 1.31 bits per heavy atom. The molecule has 158 valence electrons. The van der Waals surface area contributed by atoms with Crippen molar-refractivity contribution < 1.29 is 9.53 Å². The molecule has 3 rings (SSSR count). The molecule has 1 aliphatic heterocycles. The van der Waals surface area contributed by atoms with Gasteiger partial charge >= 0.3 is 0 Å². The van der Waals surface area contributed by atoms with E-state index < -0.39 is 0 Å². The second-order valence-corrected chi connectivity index (χ2v) is 8.44. The minimum atomic E-state index is 0.201.